The molecule has 0 saturated carbocycles. The predicted molar refractivity (Wildman–Crippen MR) is 78.9 cm³/mol. The second-order valence-electron chi connectivity index (χ2n) is 5.81. The molecule has 0 bridgehead atoms. The van der Waals surface area contributed by atoms with Gasteiger partial charge in [-0.25, -0.2) is 0 Å². The summed E-state index contributed by atoms with van der Waals surface area (Å²) in [6.07, 6.45) is 3.42. The molecule has 3 saturated heterocycles. The Labute approximate surface area is 129 Å². The van der Waals surface area contributed by atoms with Crippen LogP contribution < -0.4 is 9.80 Å². The number of nitrogens with zero attached hydrogens (tertiary/aromatic N) is 5. The van der Waals surface area contributed by atoms with E-state index in [2.05, 4.69) is 25.0 Å². The van der Waals surface area contributed by atoms with Gasteiger partial charge in [0.25, 0.3) is 0 Å². The summed E-state index contributed by atoms with van der Waals surface area (Å²) < 4.78 is 16.9. The van der Waals surface area contributed by atoms with E-state index in [1.165, 1.54) is 0 Å². The van der Waals surface area contributed by atoms with E-state index in [9.17, 15) is 0 Å². The minimum Gasteiger partial charge on any atom is -0.378 e. The van der Waals surface area contributed by atoms with Crippen molar-refractivity contribution in [2.45, 2.75) is 18.6 Å². The highest BCUT2D eigenvalue weighted by Gasteiger charge is 2.40. The lowest BCUT2D eigenvalue weighted by molar-refractivity contribution is -0.169. The average molecular weight is 307 g/mol. The lowest BCUT2D eigenvalue weighted by atomic mass is 10.0. The van der Waals surface area contributed by atoms with Gasteiger partial charge in [-0.2, -0.15) is 10.1 Å². The Kier molecular flexibility index (Phi) is 3.81. The summed E-state index contributed by atoms with van der Waals surface area (Å²) in [6.45, 7) is 6.23. The monoisotopic (exact) mass is 307 g/mol. The van der Waals surface area contributed by atoms with Gasteiger partial charge in [-0.1, -0.05) is 0 Å². The molecule has 120 valence electrons. The number of piperidine rings is 1. The third kappa shape index (κ3) is 2.73. The largest absolute Gasteiger partial charge is 0.378 e. The molecule has 4 rings (SSSR count). The Balaban J connectivity index is 1.44. The Bertz CT molecular complexity index is 507. The van der Waals surface area contributed by atoms with Crippen molar-refractivity contribution in [1.29, 1.82) is 0 Å². The molecule has 0 aromatic carbocycles. The number of morpholine rings is 1. The molecule has 0 radical (unpaired) electrons. The fourth-order valence-corrected chi connectivity index (χ4v) is 3.20. The van der Waals surface area contributed by atoms with E-state index in [1.54, 1.807) is 6.20 Å². The van der Waals surface area contributed by atoms with E-state index in [0.29, 0.717) is 19.2 Å². The summed E-state index contributed by atoms with van der Waals surface area (Å²) >= 11 is 0. The first-order valence-electron chi connectivity index (χ1n) is 7.90. The quantitative estimate of drug-likeness (QED) is 0.759. The normalized spacial score (nSPS) is 24.9. The summed E-state index contributed by atoms with van der Waals surface area (Å²) in [7, 11) is 0. The average Bonchev–Trinajstić information content (AvgIpc) is 3.05. The summed E-state index contributed by atoms with van der Waals surface area (Å²) in [4.78, 5) is 9.03. The van der Waals surface area contributed by atoms with Gasteiger partial charge in [0.1, 0.15) is 0 Å². The highest BCUT2D eigenvalue weighted by Crippen LogP contribution is 2.32. The summed E-state index contributed by atoms with van der Waals surface area (Å²) in [5, 5.41) is 8.32. The molecule has 8 nitrogen and oxygen atoms in total. The standard InChI is InChI=1S/C14H21N5O3/c1-3-19(4-2-14(1)21-9-10-22-14)13-16-12(11-15-17-13)18-5-7-20-8-6-18/h11H,1-10H2. The van der Waals surface area contributed by atoms with E-state index >= 15 is 0 Å². The fourth-order valence-electron chi connectivity index (χ4n) is 3.20. The van der Waals surface area contributed by atoms with Crippen LogP contribution in [0, 0.1) is 0 Å². The first kappa shape index (κ1) is 14.1. The van der Waals surface area contributed by atoms with Crippen molar-refractivity contribution < 1.29 is 14.2 Å². The van der Waals surface area contributed by atoms with Gasteiger partial charge in [0.2, 0.25) is 5.95 Å². The molecule has 0 unspecified atom stereocenters. The maximum absolute atomic E-state index is 5.76. The van der Waals surface area contributed by atoms with Crippen LogP contribution in [-0.4, -0.2) is 73.6 Å². The molecule has 3 aliphatic rings. The van der Waals surface area contributed by atoms with Crippen LogP contribution in [0.2, 0.25) is 0 Å². The van der Waals surface area contributed by atoms with Crippen LogP contribution in [0.5, 0.6) is 0 Å². The number of hydrogen-bond acceptors (Lipinski definition) is 8. The molecule has 3 aliphatic heterocycles. The Morgan fingerprint density at radius 1 is 0.909 bits per heavy atom. The van der Waals surface area contributed by atoms with Crippen molar-refractivity contribution in [3.05, 3.63) is 6.20 Å². The molecular weight excluding hydrogens is 286 g/mol. The van der Waals surface area contributed by atoms with E-state index in [0.717, 1.165) is 58.1 Å². The van der Waals surface area contributed by atoms with Gasteiger partial charge in [-0.05, 0) is 0 Å². The van der Waals surface area contributed by atoms with Gasteiger partial charge in [0.15, 0.2) is 11.6 Å². The zero-order valence-electron chi connectivity index (χ0n) is 12.6. The maximum Gasteiger partial charge on any atom is 0.247 e. The number of anilines is 2. The van der Waals surface area contributed by atoms with Crippen LogP contribution in [0.1, 0.15) is 12.8 Å². The highest BCUT2D eigenvalue weighted by atomic mass is 16.7. The number of ether oxygens (including phenoxy) is 3. The first-order valence-corrected chi connectivity index (χ1v) is 7.90. The molecule has 22 heavy (non-hydrogen) atoms. The first-order chi connectivity index (χ1) is 10.8. The smallest absolute Gasteiger partial charge is 0.247 e. The van der Waals surface area contributed by atoms with Crippen molar-refractivity contribution in [3.8, 4) is 0 Å². The van der Waals surface area contributed by atoms with Gasteiger partial charge in [0.05, 0.1) is 32.6 Å². The number of hydrogen-bond donors (Lipinski definition) is 0. The van der Waals surface area contributed by atoms with Crippen molar-refractivity contribution >= 4 is 11.8 Å². The second kappa shape index (κ2) is 5.94. The maximum atomic E-state index is 5.76. The predicted octanol–water partition coefficient (Wildman–Crippen LogP) is 0.0515. The minimum atomic E-state index is -0.369. The van der Waals surface area contributed by atoms with Gasteiger partial charge in [-0.15, -0.1) is 5.10 Å². The molecular formula is C14H21N5O3. The summed E-state index contributed by atoms with van der Waals surface area (Å²) in [5.41, 5.74) is 0. The van der Waals surface area contributed by atoms with Gasteiger partial charge in [0, 0.05) is 39.0 Å². The summed E-state index contributed by atoms with van der Waals surface area (Å²) in [6, 6.07) is 0. The van der Waals surface area contributed by atoms with Crippen LogP contribution >= 0.6 is 0 Å². The third-order valence-corrected chi connectivity index (χ3v) is 4.49. The molecule has 0 amide bonds. The number of rotatable bonds is 2. The Morgan fingerprint density at radius 2 is 1.64 bits per heavy atom. The van der Waals surface area contributed by atoms with Crippen molar-refractivity contribution in [1.82, 2.24) is 15.2 Å². The van der Waals surface area contributed by atoms with Crippen molar-refractivity contribution in [3.63, 3.8) is 0 Å². The fraction of sp³-hybridized carbons (Fsp3) is 0.786. The van der Waals surface area contributed by atoms with Gasteiger partial charge < -0.3 is 24.0 Å². The second-order valence-corrected chi connectivity index (χ2v) is 5.81. The van der Waals surface area contributed by atoms with Crippen LogP contribution in [-0.2, 0) is 14.2 Å². The van der Waals surface area contributed by atoms with Gasteiger partial charge >= 0.3 is 0 Å². The molecule has 8 heteroatoms. The zero-order chi connectivity index (χ0) is 14.8. The highest BCUT2D eigenvalue weighted by molar-refractivity contribution is 5.42. The Morgan fingerprint density at radius 3 is 2.36 bits per heavy atom. The third-order valence-electron chi connectivity index (χ3n) is 4.49. The lowest BCUT2D eigenvalue weighted by Gasteiger charge is -2.37. The van der Waals surface area contributed by atoms with E-state index in [4.69, 9.17) is 14.2 Å². The van der Waals surface area contributed by atoms with Crippen molar-refractivity contribution in [2.75, 3.05) is 62.4 Å². The lowest BCUT2D eigenvalue weighted by Crippen LogP contribution is -2.46. The topological polar surface area (TPSA) is 72.8 Å². The molecule has 0 N–H and O–H groups in total. The summed E-state index contributed by atoms with van der Waals surface area (Å²) in [5.74, 6) is 1.20. The van der Waals surface area contributed by atoms with E-state index in [-0.39, 0.29) is 5.79 Å². The van der Waals surface area contributed by atoms with E-state index < -0.39 is 0 Å². The van der Waals surface area contributed by atoms with Crippen molar-refractivity contribution in [2.24, 2.45) is 0 Å². The van der Waals surface area contributed by atoms with Crippen LogP contribution in [0.25, 0.3) is 0 Å². The van der Waals surface area contributed by atoms with Crippen LogP contribution in [0.15, 0.2) is 6.20 Å². The minimum absolute atomic E-state index is 0.369. The Hall–Kier alpha value is -1.51. The van der Waals surface area contributed by atoms with Crippen LogP contribution in [0.3, 0.4) is 0 Å². The molecule has 3 fully saturated rings. The molecule has 1 aromatic heterocycles. The molecule has 0 aliphatic carbocycles. The number of aromatic nitrogens is 3. The molecule has 4 heterocycles. The molecule has 1 spiro atoms. The van der Waals surface area contributed by atoms with Gasteiger partial charge in [-0.3, -0.25) is 0 Å². The van der Waals surface area contributed by atoms with Crippen LogP contribution in [0.4, 0.5) is 11.8 Å². The molecule has 1 aromatic rings. The SMILES string of the molecule is c1nnc(N2CCC3(CC2)OCCO3)nc1N1CCOCC1. The van der Waals surface area contributed by atoms with E-state index in [1.807, 2.05) is 0 Å². The molecule has 0 atom stereocenters. The zero-order valence-corrected chi connectivity index (χ0v) is 12.6.